The number of ether oxygens (including phenoxy) is 3. The van der Waals surface area contributed by atoms with Crippen molar-refractivity contribution in [1.29, 1.82) is 0 Å². The van der Waals surface area contributed by atoms with Gasteiger partial charge in [-0.1, -0.05) is 6.92 Å². The van der Waals surface area contributed by atoms with E-state index in [0.717, 1.165) is 5.56 Å². The van der Waals surface area contributed by atoms with Gasteiger partial charge in [0.2, 0.25) is 5.75 Å². The molecule has 5 nitrogen and oxygen atoms in total. The molecule has 0 spiro atoms. The molecule has 2 aromatic carbocycles. The summed E-state index contributed by atoms with van der Waals surface area (Å²) < 4.78 is 15.8. The summed E-state index contributed by atoms with van der Waals surface area (Å²) in [5.41, 5.74) is 1.82. The molecule has 129 valence electrons. The Morgan fingerprint density at radius 2 is 1.80 bits per heavy atom. The van der Waals surface area contributed by atoms with Gasteiger partial charge in [-0.3, -0.25) is 4.79 Å². The number of hydrogen-bond donors (Lipinski definition) is 1. The molecule has 0 saturated heterocycles. The van der Waals surface area contributed by atoms with Gasteiger partial charge in [-0.05, 0) is 18.2 Å². The third-order valence-electron chi connectivity index (χ3n) is 3.53. The van der Waals surface area contributed by atoms with Crippen LogP contribution in [0.3, 0.4) is 0 Å². The van der Waals surface area contributed by atoms with Gasteiger partial charge in [-0.2, -0.15) is 12.1 Å². The molecule has 0 atom stereocenters. The van der Waals surface area contributed by atoms with Crippen LogP contribution in [0.1, 0.15) is 21.5 Å². The van der Waals surface area contributed by atoms with Crippen LogP contribution in [0.2, 0.25) is 0 Å². The Balaban J connectivity index is 0.00000312. The maximum absolute atomic E-state index is 12.5. The van der Waals surface area contributed by atoms with Gasteiger partial charge in [0.05, 0.1) is 26.9 Å². The molecule has 0 saturated carbocycles. The number of phenolic OH excluding ortho intramolecular Hbond substituents is 1. The molecule has 0 aliphatic heterocycles. The third kappa shape index (κ3) is 4.83. The van der Waals surface area contributed by atoms with Crippen molar-refractivity contribution < 1.29 is 56.8 Å². The minimum atomic E-state index is -0.237. The summed E-state index contributed by atoms with van der Waals surface area (Å²) in [4.78, 5) is 12.5. The molecule has 0 aromatic heterocycles. The van der Waals surface area contributed by atoms with Gasteiger partial charge >= 0.3 is 0 Å². The maximum atomic E-state index is 12.5. The Morgan fingerprint density at radius 1 is 1.12 bits per heavy atom. The smallest absolute Gasteiger partial charge is 0.204 e. The van der Waals surface area contributed by atoms with Crippen molar-refractivity contribution in [2.45, 2.75) is 6.92 Å². The molecule has 0 heterocycles. The van der Waals surface area contributed by atoms with Gasteiger partial charge in [-0.15, -0.1) is 23.3 Å². The zero-order valence-electron chi connectivity index (χ0n) is 14.6. The predicted octanol–water partition coefficient (Wildman–Crippen LogP) is 3.42. The largest absolute Gasteiger partial charge is 0.534 e. The Hall–Kier alpha value is -1.85. The minimum absolute atomic E-state index is 0. The summed E-state index contributed by atoms with van der Waals surface area (Å²) in [5.74, 6) is 1.03. The van der Waals surface area contributed by atoms with Crippen LogP contribution >= 0.6 is 0 Å². The fourth-order valence-electron chi connectivity index (χ4n) is 2.28. The molecule has 2 rings (SSSR count). The number of benzene rings is 2. The second-order valence-corrected chi connectivity index (χ2v) is 5.04. The Bertz CT molecular complexity index is 784. The molecule has 0 unspecified atom stereocenters. The standard InChI is InChI=1S/C19H19O5.Y/c1-12-11-13(5-8-15(12)20)6-9-16(21)14-7-10-17(22-2)19(24-4)18(14)23-3;/h5-7,9-11,20H,1-4H3;/q-1;/b9-6+;. The monoisotopic (exact) mass is 416 g/mol. The number of phenols is 1. The number of allylic oxidation sites excluding steroid dienone is 1. The molecule has 0 bridgehead atoms. The van der Waals surface area contributed by atoms with Crippen LogP contribution in [-0.2, 0) is 32.7 Å². The maximum Gasteiger partial charge on any atom is 0.204 e. The van der Waals surface area contributed by atoms with E-state index in [1.807, 2.05) is 0 Å². The number of carbonyl (C=O) groups is 1. The molecule has 2 aromatic rings. The van der Waals surface area contributed by atoms with Gasteiger partial charge in [0.25, 0.3) is 0 Å². The quantitative estimate of drug-likeness (QED) is 0.444. The van der Waals surface area contributed by atoms with Gasteiger partial charge in [-0.25, -0.2) is 0 Å². The summed E-state index contributed by atoms with van der Waals surface area (Å²) in [6, 6.07) is 9.37. The molecule has 1 radical (unpaired) electrons. The molecule has 0 aliphatic carbocycles. The first-order chi connectivity index (χ1) is 11.5. The van der Waals surface area contributed by atoms with Crippen LogP contribution in [0.25, 0.3) is 6.08 Å². The first kappa shape index (κ1) is 21.2. The predicted molar refractivity (Wildman–Crippen MR) is 91.1 cm³/mol. The molecule has 6 heteroatoms. The molecule has 0 fully saturated rings. The number of ketones is 1. The number of carbonyl (C=O) groups excluding carboxylic acids is 1. The van der Waals surface area contributed by atoms with Gasteiger partial charge < -0.3 is 19.3 Å². The average molecular weight is 416 g/mol. The first-order valence-electron chi connectivity index (χ1n) is 7.24. The van der Waals surface area contributed by atoms with Crippen molar-refractivity contribution in [3.05, 3.63) is 53.1 Å². The molecular weight excluding hydrogens is 397 g/mol. The summed E-state index contributed by atoms with van der Waals surface area (Å²) in [5, 5.41) is 9.49. The molecular formula is C19H19O5Y-. The van der Waals surface area contributed by atoms with Crippen molar-refractivity contribution in [3.63, 3.8) is 0 Å². The molecule has 0 amide bonds. The average Bonchev–Trinajstić information content (AvgIpc) is 2.60. The van der Waals surface area contributed by atoms with Crippen LogP contribution in [0.15, 0.2) is 30.3 Å². The SMILES string of the molecule is COc1ccc(C(=O)/C=C/c2c[c-]c(O)c(C)c2)c(OC)c1OC.[Y]. The van der Waals surface area contributed by atoms with E-state index in [2.05, 4.69) is 6.07 Å². The second-order valence-electron chi connectivity index (χ2n) is 5.04. The van der Waals surface area contributed by atoms with Crippen LogP contribution in [0.5, 0.6) is 23.0 Å². The van der Waals surface area contributed by atoms with Crippen molar-refractivity contribution in [3.8, 4) is 23.0 Å². The number of aromatic hydroxyl groups is 1. The normalized spacial score (nSPS) is 10.2. The van der Waals surface area contributed by atoms with Gasteiger partial charge in [0.15, 0.2) is 17.3 Å². The van der Waals surface area contributed by atoms with Crippen LogP contribution in [-0.4, -0.2) is 32.2 Å². The van der Waals surface area contributed by atoms with Crippen LogP contribution < -0.4 is 14.2 Å². The van der Waals surface area contributed by atoms with Gasteiger partial charge in [0, 0.05) is 38.5 Å². The number of methoxy groups -OCH3 is 3. The van der Waals surface area contributed by atoms with E-state index in [0.29, 0.717) is 28.4 Å². The van der Waals surface area contributed by atoms with E-state index in [9.17, 15) is 9.90 Å². The van der Waals surface area contributed by atoms with E-state index in [-0.39, 0.29) is 44.2 Å². The van der Waals surface area contributed by atoms with Crippen molar-refractivity contribution in [2.24, 2.45) is 0 Å². The second kappa shape index (κ2) is 9.59. The number of rotatable bonds is 6. The summed E-state index contributed by atoms with van der Waals surface area (Å²) in [6.45, 7) is 1.77. The fourth-order valence-corrected chi connectivity index (χ4v) is 2.28. The molecule has 25 heavy (non-hydrogen) atoms. The van der Waals surface area contributed by atoms with Crippen molar-refractivity contribution in [2.75, 3.05) is 21.3 Å². The van der Waals surface area contributed by atoms with Gasteiger partial charge in [0.1, 0.15) is 0 Å². The Morgan fingerprint density at radius 3 is 2.36 bits per heavy atom. The summed E-state index contributed by atoms with van der Waals surface area (Å²) in [7, 11) is 4.47. The summed E-state index contributed by atoms with van der Waals surface area (Å²) in [6.07, 6.45) is 3.09. The van der Waals surface area contributed by atoms with E-state index >= 15 is 0 Å². The van der Waals surface area contributed by atoms with E-state index in [1.54, 1.807) is 37.3 Å². The topological polar surface area (TPSA) is 65.0 Å². The molecule has 1 N–H and O–H groups in total. The fraction of sp³-hybridized carbons (Fsp3) is 0.211. The number of aryl methyl sites for hydroxylation is 1. The van der Waals surface area contributed by atoms with E-state index in [1.165, 1.54) is 27.4 Å². The number of hydrogen-bond acceptors (Lipinski definition) is 5. The zero-order chi connectivity index (χ0) is 17.7. The molecule has 0 aliphatic rings. The summed E-state index contributed by atoms with van der Waals surface area (Å²) >= 11 is 0. The van der Waals surface area contributed by atoms with E-state index in [4.69, 9.17) is 14.2 Å². The zero-order valence-corrected chi connectivity index (χ0v) is 17.5. The van der Waals surface area contributed by atoms with Crippen LogP contribution in [0, 0.1) is 13.0 Å². The van der Waals surface area contributed by atoms with Crippen molar-refractivity contribution in [1.82, 2.24) is 0 Å². The Labute approximate surface area is 172 Å². The Kier molecular flexibility index (Phi) is 8.13. The first-order valence-corrected chi connectivity index (χ1v) is 7.24. The third-order valence-corrected chi connectivity index (χ3v) is 3.53. The minimum Gasteiger partial charge on any atom is -0.534 e. The van der Waals surface area contributed by atoms with E-state index < -0.39 is 0 Å². The van der Waals surface area contributed by atoms with Crippen LogP contribution in [0.4, 0.5) is 0 Å². The van der Waals surface area contributed by atoms with Crippen molar-refractivity contribution >= 4 is 11.9 Å².